The SMILES string of the molecule is O=C(O)c1cc2c(nc1N1CCCC1)COC2. The van der Waals surface area contributed by atoms with Gasteiger partial charge in [-0.2, -0.15) is 0 Å². The monoisotopic (exact) mass is 234 g/mol. The predicted molar refractivity (Wildman–Crippen MR) is 61.1 cm³/mol. The van der Waals surface area contributed by atoms with E-state index in [0.717, 1.165) is 37.2 Å². The number of aromatic nitrogens is 1. The van der Waals surface area contributed by atoms with Crippen molar-refractivity contribution in [2.75, 3.05) is 18.0 Å². The Bertz CT molecular complexity index is 467. The van der Waals surface area contributed by atoms with Crippen LogP contribution in [0.3, 0.4) is 0 Å². The Morgan fingerprint density at radius 1 is 1.35 bits per heavy atom. The van der Waals surface area contributed by atoms with Crippen LogP contribution in [-0.2, 0) is 18.0 Å². The van der Waals surface area contributed by atoms with Crippen LogP contribution in [0.15, 0.2) is 6.07 Å². The van der Waals surface area contributed by atoms with Crippen LogP contribution >= 0.6 is 0 Å². The van der Waals surface area contributed by atoms with E-state index in [2.05, 4.69) is 9.88 Å². The van der Waals surface area contributed by atoms with Gasteiger partial charge in [-0.15, -0.1) is 0 Å². The maximum atomic E-state index is 11.3. The minimum absolute atomic E-state index is 0.302. The molecule has 0 saturated carbocycles. The number of anilines is 1. The van der Waals surface area contributed by atoms with Gasteiger partial charge < -0.3 is 14.7 Å². The first-order chi connectivity index (χ1) is 8.25. The standard InChI is InChI=1S/C12H14N2O3/c15-12(16)9-5-8-6-17-7-10(8)13-11(9)14-3-1-2-4-14/h5H,1-4,6-7H2,(H,15,16). The molecule has 0 atom stereocenters. The van der Waals surface area contributed by atoms with Crippen LogP contribution in [0.5, 0.6) is 0 Å². The molecule has 90 valence electrons. The Morgan fingerprint density at radius 3 is 2.82 bits per heavy atom. The van der Waals surface area contributed by atoms with E-state index in [1.165, 1.54) is 0 Å². The average Bonchev–Trinajstić information content (AvgIpc) is 2.98. The minimum Gasteiger partial charge on any atom is -0.478 e. The number of hydrogen-bond donors (Lipinski definition) is 1. The Kier molecular flexibility index (Phi) is 2.48. The van der Waals surface area contributed by atoms with Gasteiger partial charge in [-0.3, -0.25) is 0 Å². The number of ether oxygens (including phenoxy) is 1. The highest BCUT2D eigenvalue weighted by molar-refractivity contribution is 5.93. The van der Waals surface area contributed by atoms with Gasteiger partial charge in [0, 0.05) is 18.7 Å². The molecule has 5 nitrogen and oxygen atoms in total. The van der Waals surface area contributed by atoms with Crippen molar-refractivity contribution < 1.29 is 14.6 Å². The maximum Gasteiger partial charge on any atom is 0.339 e. The van der Waals surface area contributed by atoms with Gasteiger partial charge in [0.05, 0.1) is 18.9 Å². The number of nitrogens with zero attached hydrogens (tertiary/aromatic N) is 2. The number of pyridine rings is 1. The summed E-state index contributed by atoms with van der Waals surface area (Å²) in [6.45, 7) is 2.76. The first kappa shape index (κ1) is 10.5. The Morgan fingerprint density at radius 2 is 2.12 bits per heavy atom. The molecular weight excluding hydrogens is 220 g/mol. The Labute approximate surface area is 99.0 Å². The minimum atomic E-state index is -0.908. The van der Waals surface area contributed by atoms with Crippen LogP contribution in [-0.4, -0.2) is 29.1 Å². The summed E-state index contributed by atoms with van der Waals surface area (Å²) < 4.78 is 5.29. The lowest BCUT2D eigenvalue weighted by Crippen LogP contribution is -2.22. The summed E-state index contributed by atoms with van der Waals surface area (Å²) in [5.41, 5.74) is 2.10. The summed E-state index contributed by atoms with van der Waals surface area (Å²) in [7, 11) is 0. The first-order valence-corrected chi connectivity index (χ1v) is 5.84. The van der Waals surface area contributed by atoms with Crippen LogP contribution in [0, 0.1) is 0 Å². The van der Waals surface area contributed by atoms with E-state index in [-0.39, 0.29) is 0 Å². The van der Waals surface area contributed by atoms with Gasteiger partial charge in [-0.1, -0.05) is 0 Å². The smallest absolute Gasteiger partial charge is 0.339 e. The third-order valence-corrected chi connectivity index (χ3v) is 3.30. The fourth-order valence-corrected chi connectivity index (χ4v) is 2.42. The van der Waals surface area contributed by atoms with Gasteiger partial charge in [0.25, 0.3) is 0 Å². The van der Waals surface area contributed by atoms with E-state index in [0.29, 0.717) is 24.6 Å². The average molecular weight is 234 g/mol. The lowest BCUT2D eigenvalue weighted by molar-refractivity contribution is 0.0697. The van der Waals surface area contributed by atoms with Crippen LogP contribution in [0.25, 0.3) is 0 Å². The molecule has 0 aromatic carbocycles. The van der Waals surface area contributed by atoms with Crippen molar-refractivity contribution in [1.29, 1.82) is 0 Å². The number of hydrogen-bond acceptors (Lipinski definition) is 4. The zero-order valence-corrected chi connectivity index (χ0v) is 9.48. The fraction of sp³-hybridized carbons (Fsp3) is 0.500. The normalized spacial score (nSPS) is 18.5. The molecule has 0 unspecified atom stereocenters. The van der Waals surface area contributed by atoms with Crippen molar-refractivity contribution >= 4 is 11.8 Å². The molecule has 5 heteroatoms. The van der Waals surface area contributed by atoms with Crippen LogP contribution < -0.4 is 4.90 Å². The van der Waals surface area contributed by atoms with Crippen molar-refractivity contribution in [3.8, 4) is 0 Å². The number of aromatic carboxylic acids is 1. The second-order valence-electron chi connectivity index (χ2n) is 4.46. The summed E-state index contributed by atoms with van der Waals surface area (Å²) in [5.74, 6) is -0.298. The predicted octanol–water partition coefficient (Wildman–Crippen LogP) is 1.41. The number of fused-ring (bicyclic) bond motifs is 1. The number of carboxylic acid groups (broad SMARTS) is 1. The summed E-state index contributed by atoms with van der Waals surface area (Å²) >= 11 is 0. The molecular formula is C12H14N2O3. The van der Waals surface area contributed by atoms with E-state index < -0.39 is 5.97 Å². The highest BCUT2D eigenvalue weighted by Gasteiger charge is 2.25. The lowest BCUT2D eigenvalue weighted by Gasteiger charge is -2.19. The highest BCUT2D eigenvalue weighted by atomic mass is 16.5. The van der Waals surface area contributed by atoms with Gasteiger partial charge in [0.15, 0.2) is 0 Å². The molecule has 2 aliphatic heterocycles. The molecule has 3 rings (SSSR count). The van der Waals surface area contributed by atoms with E-state index in [1.807, 2.05) is 0 Å². The molecule has 1 saturated heterocycles. The molecule has 17 heavy (non-hydrogen) atoms. The molecule has 1 fully saturated rings. The number of carboxylic acids is 1. The van der Waals surface area contributed by atoms with Crippen molar-refractivity contribution in [2.24, 2.45) is 0 Å². The fourth-order valence-electron chi connectivity index (χ4n) is 2.42. The molecule has 0 aliphatic carbocycles. The molecule has 3 heterocycles. The topological polar surface area (TPSA) is 62.7 Å². The third-order valence-electron chi connectivity index (χ3n) is 3.30. The Balaban J connectivity index is 2.07. The molecule has 0 spiro atoms. The Hall–Kier alpha value is -1.62. The van der Waals surface area contributed by atoms with Gasteiger partial charge in [0.2, 0.25) is 0 Å². The third kappa shape index (κ3) is 1.76. The van der Waals surface area contributed by atoms with Crippen molar-refractivity contribution in [1.82, 2.24) is 4.98 Å². The molecule has 1 aromatic heterocycles. The lowest BCUT2D eigenvalue weighted by atomic mass is 10.1. The zero-order chi connectivity index (χ0) is 11.8. The van der Waals surface area contributed by atoms with Crippen LogP contribution in [0.4, 0.5) is 5.82 Å². The summed E-state index contributed by atoms with van der Waals surface area (Å²) in [6.07, 6.45) is 2.21. The van der Waals surface area contributed by atoms with Gasteiger partial charge in [0.1, 0.15) is 11.4 Å². The summed E-state index contributed by atoms with van der Waals surface area (Å²) in [5, 5.41) is 9.25. The van der Waals surface area contributed by atoms with Gasteiger partial charge in [-0.05, 0) is 18.9 Å². The summed E-state index contributed by atoms with van der Waals surface area (Å²) in [6, 6.07) is 1.71. The highest BCUT2D eigenvalue weighted by Crippen LogP contribution is 2.28. The molecule has 0 radical (unpaired) electrons. The van der Waals surface area contributed by atoms with Gasteiger partial charge in [-0.25, -0.2) is 9.78 Å². The van der Waals surface area contributed by atoms with E-state index >= 15 is 0 Å². The molecule has 1 N–H and O–H groups in total. The van der Waals surface area contributed by atoms with E-state index in [1.54, 1.807) is 6.07 Å². The maximum absolute atomic E-state index is 11.3. The van der Waals surface area contributed by atoms with Gasteiger partial charge >= 0.3 is 5.97 Å². The largest absolute Gasteiger partial charge is 0.478 e. The number of rotatable bonds is 2. The van der Waals surface area contributed by atoms with Crippen molar-refractivity contribution in [2.45, 2.75) is 26.1 Å². The molecule has 0 amide bonds. The van der Waals surface area contributed by atoms with E-state index in [9.17, 15) is 9.90 Å². The van der Waals surface area contributed by atoms with E-state index in [4.69, 9.17) is 4.74 Å². The molecule has 1 aromatic rings. The van der Waals surface area contributed by atoms with Crippen LogP contribution in [0.2, 0.25) is 0 Å². The second kappa shape index (κ2) is 4.00. The van der Waals surface area contributed by atoms with Crippen LogP contribution in [0.1, 0.15) is 34.5 Å². The summed E-state index contributed by atoms with van der Waals surface area (Å²) in [4.78, 5) is 17.8. The second-order valence-corrected chi connectivity index (χ2v) is 4.46. The van der Waals surface area contributed by atoms with Crippen molar-refractivity contribution in [3.05, 3.63) is 22.9 Å². The molecule has 2 aliphatic rings. The van der Waals surface area contributed by atoms with Crippen molar-refractivity contribution in [3.63, 3.8) is 0 Å². The zero-order valence-electron chi connectivity index (χ0n) is 9.48. The first-order valence-electron chi connectivity index (χ1n) is 5.84. The molecule has 0 bridgehead atoms. The number of carbonyl (C=O) groups is 1. The quantitative estimate of drug-likeness (QED) is 0.838.